The first-order valence-corrected chi connectivity index (χ1v) is 4.22. The number of rotatable bonds is 8. The Morgan fingerprint density at radius 1 is 0.923 bits per heavy atom. The van der Waals surface area contributed by atoms with E-state index in [-0.39, 0.29) is 0 Å². The van der Waals surface area contributed by atoms with Crippen LogP contribution in [0.5, 0.6) is 0 Å². The highest BCUT2D eigenvalue weighted by atomic mass is 16.5. The molecule has 0 unspecified atom stereocenters. The van der Waals surface area contributed by atoms with E-state index < -0.39 is 0 Å². The highest BCUT2D eigenvalue weighted by Gasteiger charge is 1.98. The topological polar surface area (TPSA) is 27.7 Å². The van der Waals surface area contributed by atoms with Crippen LogP contribution in [-0.4, -0.2) is 27.4 Å². The second-order valence-corrected chi connectivity index (χ2v) is 2.67. The Balaban J connectivity index is 3.47. The molecule has 0 aliphatic heterocycles. The third-order valence-corrected chi connectivity index (χ3v) is 1.46. The largest absolute Gasteiger partial charge is 0.467 e. The molecule has 0 N–H and O–H groups in total. The van der Waals surface area contributed by atoms with Crippen molar-refractivity contribution in [2.45, 2.75) is 12.8 Å². The highest BCUT2D eigenvalue weighted by Crippen LogP contribution is 2.09. The molecule has 0 amide bonds. The van der Waals surface area contributed by atoms with Crippen LogP contribution >= 0.6 is 0 Å². The second kappa shape index (κ2) is 7.83. The first-order chi connectivity index (χ1) is 6.20. The molecule has 0 aromatic carbocycles. The monoisotopic (exact) mass is 186 g/mol. The fourth-order valence-electron chi connectivity index (χ4n) is 0.738. The molecule has 0 bridgehead atoms. The molecule has 76 valence electrons. The lowest BCUT2D eigenvalue weighted by atomic mass is 10.3. The van der Waals surface area contributed by atoms with E-state index in [0.29, 0.717) is 37.6 Å². The van der Waals surface area contributed by atoms with Crippen LogP contribution < -0.4 is 0 Å². The van der Waals surface area contributed by atoms with Gasteiger partial charge in [-0.15, -0.1) is 0 Å². The predicted molar refractivity (Wildman–Crippen MR) is 52.4 cm³/mol. The smallest absolute Gasteiger partial charge is 0.0987 e. The Labute approximate surface area is 80.0 Å². The Morgan fingerprint density at radius 2 is 1.31 bits per heavy atom. The van der Waals surface area contributed by atoms with Crippen molar-refractivity contribution in [1.82, 2.24) is 0 Å². The normalized spacial score (nSPS) is 9.69. The summed E-state index contributed by atoms with van der Waals surface area (Å²) in [6, 6.07) is 0. The maximum absolute atomic E-state index is 5.31. The Hall–Kier alpha value is -0.800. The van der Waals surface area contributed by atoms with Crippen LogP contribution in [0.25, 0.3) is 0 Å². The SMILES string of the molecule is C=C(CCOC)OC(=C)CCOC. The molecule has 0 radical (unpaired) electrons. The minimum Gasteiger partial charge on any atom is -0.467 e. The summed E-state index contributed by atoms with van der Waals surface area (Å²) >= 11 is 0. The summed E-state index contributed by atoms with van der Waals surface area (Å²) in [4.78, 5) is 0. The van der Waals surface area contributed by atoms with Crippen molar-refractivity contribution < 1.29 is 14.2 Å². The molecule has 0 aliphatic carbocycles. The van der Waals surface area contributed by atoms with Gasteiger partial charge < -0.3 is 14.2 Å². The van der Waals surface area contributed by atoms with Crippen LogP contribution in [-0.2, 0) is 14.2 Å². The summed E-state index contributed by atoms with van der Waals surface area (Å²) in [5.41, 5.74) is 0. The summed E-state index contributed by atoms with van der Waals surface area (Å²) in [7, 11) is 3.29. The molecule has 0 rings (SSSR count). The molecular weight excluding hydrogens is 168 g/mol. The Morgan fingerprint density at radius 3 is 1.62 bits per heavy atom. The van der Waals surface area contributed by atoms with Crippen molar-refractivity contribution in [3.05, 3.63) is 24.7 Å². The van der Waals surface area contributed by atoms with Crippen molar-refractivity contribution in [2.75, 3.05) is 27.4 Å². The maximum Gasteiger partial charge on any atom is 0.0987 e. The van der Waals surface area contributed by atoms with Gasteiger partial charge in [0.05, 0.1) is 24.7 Å². The van der Waals surface area contributed by atoms with Crippen molar-refractivity contribution in [2.24, 2.45) is 0 Å². The highest BCUT2D eigenvalue weighted by molar-refractivity contribution is 4.93. The lowest BCUT2D eigenvalue weighted by Gasteiger charge is -2.10. The number of ether oxygens (including phenoxy) is 3. The van der Waals surface area contributed by atoms with Crippen LogP contribution in [0.2, 0.25) is 0 Å². The standard InChI is InChI=1S/C10H18O3/c1-9(5-7-11-3)13-10(2)6-8-12-4/h1-2,5-8H2,3-4H3. The fraction of sp³-hybridized carbons (Fsp3) is 0.600. The first kappa shape index (κ1) is 12.2. The van der Waals surface area contributed by atoms with Crippen LogP contribution in [0.3, 0.4) is 0 Å². The maximum atomic E-state index is 5.31. The zero-order chi connectivity index (χ0) is 10.1. The second-order valence-electron chi connectivity index (χ2n) is 2.67. The summed E-state index contributed by atoms with van der Waals surface area (Å²) in [6.45, 7) is 8.72. The number of hydrogen-bond donors (Lipinski definition) is 0. The van der Waals surface area contributed by atoms with E-state index in [1.165, 1.54) is 0 Å². The van der Waals surface area contributed by atoms with E-state index in [9.17, 15) is 0 Å². The molecule has 13 heavy (non-hydrogen) atoms. The quantitative estimate of drug-likeness (QED) is 0.543. The van der Waals surface area contributed by atoms with Crippen LogP contribution in [0.15, 0.2) is 24.7 Å². The van der Waals surface area contributed by atoms with Gasteiger partial charge in [-0.25, -0.2) is 0 Å². The molecule has 0 fully saturated rings. The minimum absolute atomic E-state index is 0.621. The van der Waals surface area contributed by atoms with Gasteiger partial charge in [0.15, 0.2) is 0 Å². The molecule has 0 aromatic rings. The third kappa shape index (κ3) is 7.56. The lowest BCUT2D eigenvalue weighted by molar-refractivity contribution is 0.163. The summed E-state index contributed by atoms with van der Waals surface area (Å²) < 4.78 is 15.1. The Bertz CT molecular complexity index is 146. The summed E-state index contributed by atoms with van der Waals surface area (Å²) in [5.74, 6) is 1.37. The minimum atomic E-state index is 0.621. The van der Waals surface area contributed by atoms with Crippen LogP contribution in [0.1, 0.15) is 12.8 Å². The number of hydrogen-bond acceptors (Lipinski definition) is 3. The van der Waals surface area contributed by atoms with Gasteiger partial charge in [-0.3, -0.25) is 0 Å². The first-order valence-electron chi connectivity index (χ1n) is 4.22. The predicted octanol–water partition coefficient (Wildman–Crippen LogP) is 2.10. The van der Waals surface area contributed by atoms with Gasteiger partial charge in [0.1, 0.15) is 0 Å². The summed E-state index contributed by atoms with van der Waals surface area (Å²) in [6.07, 6.45) is 1.39. The molecule has 3 heteroatoms. The third-order valence-electron chi connectivity index (χ3n) is 1.46. The van der Waals surface area contributed by atoms with Gasteiger partial charge in [-0.2, -0.15) is 0 Å². The van der Waals surface area contributed by atoms with E-state index in [1.54, 1.807) is 14.2 Å². The van der Waals surface area contributed by atoms with Crippen molar-refractivity contribution in [3.63, 3.8) is 0 Å². The molecular formula is C10H18O3. The molecule has 0 aliphatic rings. The van der Waals surface area contributed by atoms with Crippen LogP contribution in [0.4, 0.5) is 0 Å². The van der Waals surface area contributed by atoms with Gasteiger partial charge >= 0.3 is 0 Å². The van der Waals surface area contributed by atoms with Crippen molar-refractivity contribution >= 4 is 0 Å². The molecule has 0 atom stereocenters. The molecule has 3 nitrogen and oxygen atoms in total. The van der Waals surface area contributed by atoms with Crippen molar-refractivity contribution in [1.29, 1.82) is 0 Å². The molecule has 0 aromatic heterocycles. The van der Waals surface area contributed by atoms with Gasteiger partial charge in [-0.05, 0) is 0 Å². The van der Waals surface area contributed by atoms with E-state index in [4.69, 9.17) is 14.2 Å². The zero-order valence-corrected chi connectivity index (χ0v) is 8.47. The van der Waals surface area contributed by atoms with E-state index in [1.807, 2.05) is 0 Å². The van der Waals surface area contributed by atoms with E-state index in [0.717, 1.165) is 0 Å². The van der Waals surface area contributed by atoms with E-state index >= 15 is 0 Å². The Kier molecular flexibility index (Phi) is 7.35. The molecule has 0 saturated heterocycles. The summed E-state index contributed by atoms with van der Waals surface area (Å²) in [5, 5.41) is 0. The van der Waals surface area contributed by atoms with Crippen molar-refractivity contribution in [3.8, 4) is 0 Å². The molecule has 0 spiro atoms. The number of methoxy groups -OCH3 is 2. The van der Waals surface area contributed by atoms with Gasteiger partial charge in [-0.1, -0.05) is 13.2 Å². The molecule has 0 saturated carbocycles. The van der Waals surface area contributed by atoms with Crippen LogP contribution in [0, 0.1) is 0 Å². The van der Waals surface area contributed by atoms with Gasteiger partial charge in [0, 0.05) is 27.1 Å². The van der Waals surface area contributed by atoms with E-state index in [2.05, 4.69) is 13.2 Å². The molecule has 0 heterocycles. The van der Waals surface area contributed by atoms with Gasteiger partial charge in [0.2, 0.25) is 0 Å². The lowest BCUT2D eigenvalue weighted by Crippen LogP contribution is -1.98. The fourth-order valence-corrected chi connectivity index (χ4v) is 0.738. The van der Waals surface area contributed by atoms with Gasteiger partial charge in [0.25, 0.3) is 0 Å². The zero-order valence-electron chi connectivity index (χ0n) is 8.47. The average Bonchev–Trinajstić information content (AvgIpc) is 2.11. The average molecular weight is 186 g/mol.